The second-order valence-corrected chi connectivity index (χ2v) is 7.95. The molecule has 3 aliphatic rings. The SMILES string of the molecule is O=C1NC2(CO1)CC(C(=O)N1CC(OCc3cc(Cl)c(F)c(Cl)c3)C1)C2. The Morgan fingerprint density at radius 1 is 1.35 bits per heavy atom. The van der Waals surface area contributed by atoms with Crippen LogP contribution in [0.5, 0.6) is 0 Å². The highest BCUT2D eigenvalue weighted by atomic mass is 35.5. The van der Waals surface area contributed by atoms with E-state index in [9.17, 15) is 14.0 Å². The van der Waals surface area contributed by atoms with E-state index in [1.54, 1.807) is 4.90 Å². The summed E-state index contributed by atoms with van der Waals surface area (Å²) in [4.78, 5) is 25.3. The molecule has 1 aromatic carbocycles. The Hall–Kier alpha value is -1.57. The molecule has 26 heavy (non-hydrogen) atoms. The zero-order chi connectivity index (χ0) is 18.5. The fourth-order valence-electron chi connectivity index (χ4n) is 3.66. The minimum atomic E-state index is -0.639. The van der Waals surface area contributed by atoms with Gasteiger partial charge in [0, 0.05) is 19.0 Å². The van der Waals surface area contributed by atoms with Crippen molar-refractivity contribution in [1.29, 1.82) is 0 Å². The van der Waals surface area contributed by atoms with Crippen LogP contribution in [-0.2, 0) is 20.9 Å². The van der Waals surface area contributed by atoms with Crippen LogP contribution in [0.4, 0.5) is 9.18 Å². The Morgan fingerprint density at radius 2 is 2.00 bits per heavy atom. The molecule has 3 fully saturated rings. The lowest BCUT2D eigenvalue weighted by Crippen LogP contribution is -2.62. The van der Waals surface area contributed by atoms with E-state index in [1.165, 1.54) is 12.1 Å². The summed E-state index contributed by atoms with van der Waals surface area (Å²) in [7, 11) is 0. The number of carbonyl (C=O) groups is 2. The molecular formula is C17H17Cl2FN2O4. The standard InChI is InChI=1S/C17H17Cl2FN2O4/c18-12-1-9(2-13(19)14(12)20)7-25-11-5-22(6-11)15(23)10-3-17(4-10)8-26-16(24)21-17/h1-2,10-11H,3-8H2,(H,21,24). The van der Waals surface area contributed by atoms with Crippen molar-refractivity contribution in [3.05, 3.63) is 33.6 Å². The zero-order valence-corrected chi connectivity index (χ0v) is 15.3. The van der Waals surface area contributed by atoms with Crippen LogP contribution < -0.4 is 5.32 Å². The van der Waals surface area contributed by atoms with E-state index in [1.807, 2.05) is 0 Å². The number of halogens is 3. The van der Waals surface area contributed by atoms with E-state index in [0.29, 0.717) is 38.1 Å². The first-order valence-corrected chi connectivity index (χ1v) is 9.09. The minimum absolute atomic E-state index is 0.0385. The topological polar surface area (TPSA) is 67.9 Å². The summed E-state index contributed by atoms with van der Waals surface area (Å²) in [6, 6.07) is 2.96. The molecule has 0 radical (unpaired) electrons. The van der Waals surface area contributed by atoms with Gasteiger partial charge in [0.25, 0.3) is 0 Å². The number of benzene rings is 1. The Bertz CT molecular complexity index is 740. The van der Waals surface area contributed by atoms with Crippen LogP contribution in [-0.4, -0.2) is 48.2 Å². The molecule has 1 aromatic rings. The summed E-state index contributed by atoms with van der Waals surface area (Å²) in [5.74, 6) is -0.628. The predicted molar refractivity (Wildman–Crippen MR) is 91.5 cm³/mol. The molecule has 1 N–H and O–H groups in total. The number of hydrogen-bond donors (Lipinski definition) is 1. The van der Waals surface area contributed by atoms with Gasteiger partial charge in [-0.1, -0.05) is 23.2 Å². The molecule has 0 atom stereocenters. The van der Waals surface area contributed by atoms with Gasteiger partial charge in [0.15, 0.2) is 5.82 Å². The van der Waals surface area contributed by atoms with Crippen LogP contribution in [0.3, 0.4) is 0 Å². The molecule has 2 heterocycles. The van der Waals surface area contributed by atoms with Crippen molar-refractivity contribution in [3.63, 3.8) is 0 Å². The monoisotopic (exact) mass is 402 g/mol. The average molecular weight is 403 g/mol. The normalized spacial score (nSPS) is 27.7. The van der Waals surface area contributed by atoms with E-state index in [4.69, 9.17) is 32.7 Å². The fourth-order valence-corrected chi connectivity index (χ4v) is 4.19. The van der Waals surface area contributed by atoms with Crippen molar-refractivity contribution in [2.45, 2.75) is 31.1 Å². The summed E-state index contributed by atoms with van der Waals surface area (Å²) in [5, 5.41) is 2.70. The highest BCUT2D eigenvalue weighted by Crippen LogP contribution is 2.42. The number of likely N-dealkylation sites (tertiary alicyclic amines) is 1. The summed E-state index contributed by atoms with van der Waals surface area (Å²) in [6.45, 7) is 1.63. The molecule has 4 rings (SSSR count). The van der Waals surface area contributed by atoms with E-state index in [-0.39, 0.29) is 40.1 Å². The lowest BCUT2D eigenvalue weighted by atomic mass is 9.68. The molecule has 1 aliphatic carbocycles. The lowest BCUT2D eigenvalue weighted by Gasteiger charge is -2.47. The number of ether oxygens (including phenoxy) is 2. The smallest absolute Gasteiger partial charge is 0.407 e. The quantitative estimate of drug-likeness (QED) is 0.786. The summed E-state index contributed by atoms with van der Waals surface area (Å²) in [5.41, 5.74) is 0.336. The van der Waals surface area contributed by atoms with Gasteiger partial charge in [-0.05, 0) is 30.5 Å². The Labute approximate surface area is 159 Å². The van der Waals surface area contributed by atoms with Crippen molar-refractivity contribution in [2.24, 2.45) is 5.92 Å². The Kier molecular flexibility index (Phi) is 4.49. The predicted octanol–water partition coefficient (Wildman–Crippen LogP) is 2.75. The molecule has 1 saturated carbocycles. The average Bonchev–Trinajstić information content (AvgIpc) is 2.91. The van der Waals surface area contributed by atoms with Crippen LogP contribution in [0.25, 0.3) is 0 Å². The first-order valence-electron chi connectivity index (χ1n) is 8.34. The van der Waals surface area contributed by atoms with E-state index < -0.39 is 11.9 Å². The number of nitrogens with zero attached hydrogens (tertiary/aromatic N) is 1. The fraction of sp³-hybridized carbons (Fsp3) is 0.529. The minimum Gasteiger partial charge on any atom is -0.447 e. The van der Waals surface area contributed by atoms with Crippen molar-refractivity contribution in [1.82, 2.24) is 10.2 Å². The van der Waals surface area contributed by atoms with E-state index in [2.05, 4.69) is 5.32 Å². The van der Waals surface area contributed by atoms with Gasteiger partial charge in [-0.15, -0.1) is 0 Å². The Morgan fingerprint density at radius 3 is 2.58 bits per heavy atom. The largest absolute Gasteiger partial charge is 0.447 e. The van der Waals surface area contributed by atoms with Crippen LogP contribution in [0.1, 0.15) is 18.4 Å². The molecule has 0 aromatic heterocycles. The van der Waals surface area contributed by atoms with Crippen LogP contribution in [0, 0.1) is 11.7 Å². The second-order valence-electron chi connectivity index (χ2n) is 7.14. The van der Waals surface area contributed by atoms with Gasteiger partial charge < -0.3 is 19.7 Å². The third kappa shape index (κ3) is 3.23. The first-order chi connectivity index (χ1) is 12.3. The van der Waals surface area contributed by atoms with Gasteiger partial charge >= 0.3 is 6.09 Å². The maximum absolute atomic E-state index is 13.4. The second kappa shape index (κ2) is 6.55. The number of hydrogen-bond acceptors (Lipinski definition) is 4. The number of carbonyl (C=O) groups excluding carboxylic acids is 2. The van der Waals surface area contributed by atoms with Gasteiger partial charge in [-0.3, -0.25) is 4.79 Å². The maximum atomic E-state index is 13.4. The first kappa shape index (κ1) is 17.8. The van der Waals surface area contributed by atoms with Gasteiger partial charge in [-0.2, -0.15) is 0 Å². The molecule has 0 bridgehead atoms. The molecule has 2 amide bonds. The van der Waals surface area contributed by atoms with Gasteiger partial charge in [0.2, 0.25) is 5.91 Å². The molecule has 2 aliphatic heterocycles. The number of alkyl carbamates (subject to hydrolysis) is 1. The number of amides is 2. The third-order valence-corrected chi connectivity index (χ3v) is 5.71. The van der Waals surface area contributed by atoms with E-state index in [0.717, 1.165) is 0 Å². The zero-order valence-electron chi connectivity index (χ0n) is 13.8. The van der Waals surface area contributed by atoms with Crippen LogP contribution in [0.15, 0.2) is 12.1 Å². The van der Waals surface area contributed by atoms with E-state index >= 15 is 0 Å². The van der Waals surface area contributed by atoms with Crippen molar-refractivity contribution in [2.75, 3.05) is 19.7 Å². The molecule has 140 valence electrons. The van der Waals surface area contributed by atoms with Crippen LogP contribution >= 0.6 is 23.2 Å². The van der Waals surface area contributed by atoms with Crippen LogP contribution in [0.2, 0.25) is 10.0 Å². The highest BCUT2D eigenvalue weighted by molar-refractivity contribution is 6.34. The lowest BCUT2D eigenvalue weighted by molar-refractivity contribution is -0.155. The Balaban J connectivity index is 1.21. The summed E-state index contributed by atoms with van der Waals surface area (Å²) < 4.78 is 24.0. The van der Waals surface area contributed by atoms with Gasteiger partial charge in [0.1, 0.15) is 6.61 Å². The van der Waals surface area contributed by atoms with Crippen molar-refractivity contribution in [3.8, 4) is 0 Å². The van der Waals surface area contributed by atoms with Crippen molar-refractivity contribution >= 4 is 35.2 Å². The number of rotatable bonds is 4. The van der Waals surface area contributed by atoms with Gasteiger partial charge in [-0.25, -0.2) is 9.18 Å². The third-order valence-electron chi connectivity index (χ3n) is 5.16. The molecule has 6 nitrogen and oxygen atoms in total. The molecule has 9 heteroatoms. The number of nitrogens with one attached hydrogen (secondary N) is 1. The highest BCUT2D eigenvalue weighted by Gasteiger charge is 2.54. The van der Waals surface area contributed by atoms with Crippen molar-refractivity contribution < 1.29 is 23.5 Å². The maximum Gasteiger partial charge on any atom is 0.407 e. The molecular weight excluding hydrogens is 386 g/mol. The molecule has 0 unspecified atom stereocenters. The molecule has 2 saturated heterocycles. The summed E-state index contributed by atoms with van der Waals surface area (Å²) >= 11 is 11.5. The summed E-state index contributed by atoms with van der Waals surface area (Å²) in [6.07, 6.45) is 0.762. The van der Waals surface area contributed by atoms with Gasteiger partial charge in [0.05, 0.1) is 28.3 Å². The molecule has 1 spiro atoms. The number of cyclic esters (lactones) is 1.